The Labute approximate surface area is 92.3 Å². The average molecular weight is 253 g/mol. The molecule has 8 heteroatoms. The monoisotopic (exact) mass is 253 g/mol. The van der Waals surface area contributed by atoms with Gasteiger partial charge in [0.05, 0.1) is 12.2 Å². The summed E-state index contributed by atoms with van der Waals surface area (Å²) < 4.78 is 33.1. The molecular formula is C8H12FNO5S. The Kier molecular flexibility index (Phi) is 3.84. The van der Waals surface area contributed by atoms with Gasteiger partial charge in [0.1, 0.15) is 0 Å². The van der Waals surface area contributed by atoms with E-state index in [4.69, 9.17) is 5.11 Å². The Hall–Kier alpha value is -1.18. The van der Waals surface area contributed by atoms with Crippen LogP contribution in [0.15, 0.2) is 0 Å². The van der Waals surface area contributed by atoms with E-state index < -0.39 is 27.9 Å². The smallest absolute Gasteiger partial charge is 0.305 e. The number of aliphatic carboxylic acids is 1. The van der Waals surface area contributed by atoms with Crippen molar-refractivity contribution in [3.63, 3.8) is 0 Å². The lowest BCUT2D eigenvalue weighted by atomic mass is 10.1. The predicted molar refractivity (Wildman–Crippen MR) is 51.8 cm³/mol. The number of amides is 1. The van der Waals surface area contributed by atoms with Crippen molar-refractivity contribution in [1.29, 1.82) is 0 Å². The van der Waals surface area contributed by atoms with Gasteiger partial charge in [-0.2, -0.15) is 8.42 Å². The fraction of sp³-hybridized carbons (Fsp3) is 0.750. The van der Waals surface area contributed by atoms with Crippen LogP contribution in [0.1, 0.15) is 12.8 Å². The van der Waals surface area contributed by atoms with E-state index in [2.05, 4.69) is 0 Å². The number of rotatable bonds is 5. The molecule has 0 radical (unpaired) electrons. The average Bonchev–Trinajstić information content (AvgIpc) is 2.39. The molecule has 0 spiro atoms. The normalized spacial score (nSPS) is 21.4. The van der Waals surface area contributed by atoms with Gasteiger partial charge in [-0.15, -0.1) is 3.89 Å². The molecule has 6 nitrogen and oxygen atoms in total. The van der Waals surface area contributed by atoms with Crippen LogP contribution in [0.5, 0.6) is 0 Å². The highest BCUT2D eigenvalue weighted by atomic mass is 32.3. The summed E-state index contributed by atoms with van der Waals surface area (Å²) in [5.74, 6) is -2.61. The SMILES string of the molecule is O=C(O)CCN1CC(CS(=O)(=O)F)CC1=O. The van der Waals surface area contributed by atoms with E-state index in [9.17, 15) is 21.9 Å². The van der Waals surface area contributed by atoms with E-state index in [1.54, 1.807) is 0 Å². The summed E-state index contributed by atoms with van der Waals surface area (Å²) in [5, 5.41) is 8.42. The third kappa shape index (κ3) is 4.13. The van der Waals surface area contributed by atoms with Crippen molar-refractivity contribution in [2.45, 2.75) is 12.8 Å². The van der Waals surface area contributed by atoms with Crippen LogP contribution in [0.3, 0.4) is 0 Å². The van der Waals surface area contributed by atoms with Gasteiger partial charge in [-0.1, -0.05) is 0 Å². The van der Waals surface area contributed by atoms with E-state index >= 15 is 0 Å². The second-order valence-corrected chi connectivity index (χ2v) is 5.17. The quantitative estimate of drug-likeness (QED) is 0.674. The molecule has 0 aromatic carbocycles. The molecule has 1 aliphatic rings. The minimum absolute atomic E-state index is 0.0387. The molecule has 0 aromatic rings. The Morgan fingerprint density at radius 2 is 2.19 bits per heavy atom. The molecular weight excluding hydrogens is 241 g/mol. The summed E-state index contributed by atoms with van der Waals surface area (Å²) in [6.45, 7) is 0.145. The van der Waals surface area contributed by atoms with Crippen LogP contribution >= 0.6 is 0 Å². The molecule has 1 rings (SSSR count). The fourth-order valence-corrected chi connectivity index (χ4v) is 2.48. The molecule has 1 aliphatic heterocycles. The van der Waals surface area contributed by atoms with Crippen LogP contribution in [-0.4, -0.2) is 49.1 Å². The van der Waals surface area contributed by atoms with Crippen molar-refractivity contribution in [2.75, 3.05) is 18.8 Å². The van der Waals surface area contributed by atoms with Gasteiger partial charge in [0.15, 0.2) is 0 Å². The molecule has 1 N–H and O–H groups in total. The number of nitrogens with zero attached hydrogens (tertiary/aromatic N) is 1. The van der Waals surface area contributed by atoms with E-state index in [0.29, 0.717) is 0 Å². The Morgan fingerprint density at radius 1 is 1.56 bits per heavy atom. The van der Waals surface area contributed by atoms with Crippen molar-refractivity contribution in [3.05, 3.63) is 0 Å². The van der Waals surface area contributed by atoms with E-state index in [0.717, 1.165) is 0 Å². The molecule has 0 saturated carbocycles. The lowest BCUT2D eigenvalue weighted by Gasteiger charge is -2.14. The number of carbonyl (C=O) groups is 2. The van der Waals surface area contributed by atoms with Gasteiger partial charge in [-0.05, 0) is 0 Å². The first-order valence-electron chi connectivity index (χ1n) is 4.70. The maximum atomic E-state index is 12.4. The minimum atomic E-state index is -4.58. The number of halogens is 1. The fourth-order valence-electron chi connectivity index (χ4n) is 1.69. The Bertz CT molecular complexity index is 393. The third-order valence-corrected chi connectivity index (χ3v) is 3.19. The standard InChI is InChI=1S/C8H12FNO5S/c9-16(14,15)5-6-3-7(11)10(4-6)2-1-8(12)13/h6H,1-5H2,(H,12,13). The summed E-state index contributed by atoms with van der Waals surface area (Å²) in [6.07, 6.45) is -0.233. The largest absolute Gasteiger partial charge is 0.481 e. The molecule has 0 aliphatic carbocycles. The molecule has 92 valence electrons. The zero-order chi connectivity index (χ0) is 12.3. The Morgan fingerprint density at radius 3 is 2.69 bits per heavy atom. The van der Waals surface area contributed by atoms with Gasteiger partial charge in [0.2, 0.25) is 5.91 Å². The maximum absolute atomic E-state index is 12.4. The summed E-state index contributed by atoms with van der Waals surface area (Å²) in [7, 11) is -4.58. The van der Waals surface area contributed by atoms with Gasteiger partial charge in [-0.3, -0.25) is 9.59 Å². The van der Waals surface area contributed by atoms with Gasteiger partial charge in [0, 0.05) is 25.4 Å². The minimum Gasteiger partial charge on any atom is -0.481 e. The molecule has 1 saturated heterocycles. The highest BCUT2D eigenvalue weighted by molar-refractivity contribution is 7.86. The summed E-state index contributed by atoms with van der Waals surface area (Å²) in [6, 6.07) is 0. The van der Waals surface area contributed by atoms with E-state index in [1.807, 2.05) is 0 Å². The van der Waals surface area contributed by atoms with E-state index in [-0.39, 0.29) is 31.8 Å². The number of hydrogen-bond acceptors (Lipinski definition) is 4. The number of carbonyl (C=O) groups excluding carboxylic acids is 1. The first-order valence-corrected chi connectivity index (χ1v) is 6.25. The molecule has 1 fully saturated rings. The lowest BCUT2D eigenvalue weighted by molar-refractivity contribution is -0.137. The van der Waals surface area contributed by atoms with Crippen molar-refractivity contribution < 1.29 is 27.0 Å². The first-order chi connectivity index (χ1) is 7.28. The topological polar surface area (TPSA) is 91.8 Å². The summed E-state index contributed by atoms with van der Waals surface area (Å²) in [4.78, 5) is 22.8. The number of likely N-dealkylation sites (tertiary alicyclic amines) is 1. The van der Waals surface area contributed by atoms with Crippen LogP contribution < -0.4 is 0 Å². The lowest BCUT2D eigenvalue weighted by Crippen LogP contribution is -2.28. The van der Waals surface area contributed by atoms with Gasteiger partial charge >= 0.3 is 16.2 Å². The molecule has 0 aromatic heterocycles. The van der Waals surface area contributed by atoms with Crippen molar-refractivity contribution in [3.8, 4) is 0 Å². The Balaban J connectivity index is 2.47. The summed E-state index contributed by atoms with van der Waals surface area (Å²) in [5.41, 5.74) is 0. The third-order valence-electron chi connectivity index (χ3n) is 2.32. The molecule has 1 unspecified atom stereocenters. The van der Waals surface area contributed by atoms with E-state index in [1.165, 1.54) is 4.90 Å². The molecule has 1 amide bonds. The second kappa shape index (κ2) is 4.77. The second-order valence-electron chi connectivity index (χ2n) is 3.76. The van der Waals surface area contributed by atoms with Crippen molar-refractivity contribution in [2.24, 2.45) is 5.92 Å². The van der Waals surface area contributed by atoms with Crippen LogP contribution in [0.25, 0.3) is 0 Å². The molecule has 16 heavy (non-hydrogen) atoms. The summed E-state index contributed by atoms with van der Waals surface area (Å²) >= 11 is 0. The number of hydrogen-bond donors (Lipinski definition) is 1. The van der Waals surface area contributed by atoms with Crippen molar-refractivity contribution in [1.82, 2.24) is 4.90 Å². The highest BCUT2D eigenvalue weighted by Crippen LogP contribution is 2.20. The van der Waals surface area contributed by atoms with Crippen LogP contribution in [0.2, 0.25) is 0 Å². The zero-order valence-electron chi connectivity index (χ0n) is 8.43. The number of carboxylic acids is 1. The number of carboxylic acid groups (broad SMARTS) is 1. The molecule has 0 bridgehead atoms. The van der Waals surface area contributed by atoms with Crippen LogP contribution in [0.4, 0.5) is 3.89 Å². The zero-order valence-corrected chi connectivity index (χ0v) is 9.24. The van der Waals surface area contributed by atoms with Gasteiger partial charge < -0.3 is 10.0 Å². The molecule has 1 atom stereocenters. The first kappa shape index (κ1) is 12.9. The predicted octanol–water partition coefficient (Wildman–Crippen LogP) is -0.391. The van der Waals surface area contributed by atoms with Crippen LogP contribution in [0, 0.1) is 5.92 Å². The van der Waals surface area contributed by atoms with Gasteiger partial charge in [0.25, 0.3) is 0 Å². The highest BCUT2D eigenvalue weighted by Gasteiger charge is 2.32. The van der Waals surface area contributed by atoms with Crippen molar-refractivity contribution >= 4 is 22.1 Å². The maximum Gasteiger partial charge on any atom is 0.305 e. The van der Waals surface area contributed by atoms with Crippen LogP contribution in [-0.2, 0) is 19.8 Å². The molecule has 1 heterocycles. The van der Waals surface area contributed by atoms with Gasteiger partial charge in [-0.25, -0.2) is 0 Å².